The first kappa shape index (κ1) is 16.1. The van der Waals surface area contributed by atoms with Crippen LogP contribution in [0.25, 0.3) is 11.4 Å². The average molecular weight is 350 g/mol. The summed E-state index contributed by atoms with van der Waals surface area (Å²) in [4.78, 5) is 25.0. The van der Waals surface area contributed by atoms with Gasteiger partial charge in [-0.15, -0.1) is 0 Å². The highest BCUT2D eigenvalue weighted by atomic mass is 16.1. The summed E-state index contributed by atoms with van der Waals surface area (Å²) in [6.45, 7) is 4.30. The fourth-order valence-electron chi connectivity index (χ4n) is 3.07. The van der Waals surface area contributed by atoms with Crippen molar-refractivity contribution in [3.63, 3.8) is 0 Å². The monoisotopic (exact) mass is 350 g/mol. The van der Waals surface area contributed by atoms with E-state index in [9.17, 15) is 4.79 Å². The molecule has 0 fully saturated rings. The molecule has 0 aromatic carbocycles. The van der Waals surface area contributed by atoms with Crippen molar-refractivity contribution in [1.29, 1.82) is 0 Å². The Morgan fingerprint density at radius 1 is 1.12 bits per heavy atom. The number of hydrogen-bond donors (Lipinski definition) is 1. The predicted molar refractivity (Wildman–Crippen MR) is 93.4 cm³/mol. The van der Waals surface area contributed by atoms with Crippen LogP contribution in [0.15, 0.2) is 30.9 Å². The van der Waals surface area contributed by atoms with E-state index >= 15 is 0 Å². The number of hydrogen-bond acceptors (Lipinski definition) is 6. The number of fused-ring (bicyclic) bond motifs is 2. The van der Waals surface area contributed by atoms with E-state index in [1.54, 1.807) is 9.03 Å². The van der Waals surface area contributed by atoms with E-state index in [0.717, 1.165) is 28.3 Å². The van der Waals surface area contributed by atoms with Crippen LogP contribution in [0.5, 0.6) is 0 Å². The molecule has 0 atom stereocenters. The van der Waals surface area contributed by atoms with Crippen molar-refractivity contribution in [2.75, 3.05) is 0 Å². The molecular formula is C17H18N8O. The molecule has 1 N–H and O–H groups in total. The Balaban J connectivity index is 1.42. The number of nitrogens with zero attached hydrogens (tertiary/aromatic N) is 7. The molecule has 0 aliphatic rings. The zero-order chi connectivity index (χ0) is 18.1. The molecule has 1 amide bonds. The second kappa shape index (κ2) is 6.51. The van der Waals surface area contributed by atoms with Gasteiger partial charge in [-0.1, -0.05) is 6.07 Å². The van der Waals surface area contributed by atoms with E-state index < -0.39 is 0 Å². The van der Waals surface area contributed by atoms with Gasteiger partial charge in [0.1, 0.15) is 12.7 Å². The normalized spacial score (nSPS) is 11.3. The van der Waals surface area contributed by atoms with Crippen molar-refractivity contribution in [3.05, 3.63) is 53.5 Å². The molecule has 0 radical (unpaired) electrons. The Morgan fingerprint density at radius 2 is 1.92 bits per heavy atom. The minimum atomic E-state index is -0.0281. The summed E-state index contributed by atoms with van der Waals surface area (Å²) in [7, 11) is 0. The molecule has 0 aliphatic carbocycles. The van der Waals surface area contributed by atoms with Gasteiger partial charge in [-0.25, -0.2) is 19.0 Å². The van der Waals surface area contributed by atoms with Gasteiger partial charge in [0.2, 0.25) is 5.91 Å². The summed E-state index contributed by atoms with van der Waals surface area (Å²) in [5.74, 6) is 0.550. The average Bonchev–Trinajstić information content (AvgIpc) is 3.28. The van der Waals surface area contributed by atoms with Crippen LogP contribution in [-0.2, 0) is 17.8 Å². The lowest BCUT2D eigenvalue weighted by atomic mass is 10.1. The van der Waals surface area contributed by atoms with Gasteiger partial charge in [-0.05, 0) is 38.0 Å². The van der Waals surface area contributed by atoms with E-state index in [2.05, 4.69) is 30.5 Å². The number of pyridine rings is 1. The Morgan fingerprint density at radius 3 is 2.81 bits per heavy atom. The first-order valence-electron chi connectivity index (χ1n) is 8.33. The molecule has 132 valence electrons. The first-order chi connectivity index (χ1) is 12.6. The van der Waals surface area contributed by atoms with Crippen LogP contribution in [0.4, 0.5) is 0 Å². The highest BCUT2D eigenvalue weighted by Crippen LogP contribution is 2.15. The molecule has 9 nitrogen and oxygen atoms in total. The lowest BCUT2D eigenvalue weighted by molar-refractivity contribution is -0.121. The maximum absolute atomic E-state index is 12.3. The third-order valence-electron chi connectivity index (χ3n) is 4.44. The Kier molecular flexibility index (Phi) is 4.04. The van der Waals surface area contributed by atoms with Gasteiger partial charge in [0, 0.05) is 17.8 Å². The van der Waals surface area contributed by atoms with Crippen molar-refractivity contribution in [2.45, 2.75) is 33.2 Å². The Bertz CT molecular complexity index is 1100. The molecule has 4 aromatic heterocycles. The van der Waals surface area contributed by atoms with E-state index in [0.29, 0.717) is 25.2 Å². The summed E-state index contributed by atoms with van der Waals surface area (Å²) in [6.07, 6.45) is 3.95. The van der Waals surface area contributed by atoms with Crippen LogP contribution in [0.3, 0.4) is 0 Å². The summed E-state index contributed by atoms with van der Waals surface area (Å²) in [6, 6.07) is 5.69. The maximum Gasteiger partial charge on any atom is 0.252 e. The van der Waals surface area contributed by atoms with E-state index in [1.165, 1.54) is 12.7 Å². The number of amides is 1. The number of carbonyl (C=O) groups excluding carboxylic acids is 1. The Hall–Kier alpha value is -3.36. The van der Waals surface area contributed by atoms with Crippen molar-refractivity contribution in [3.8, 4) is 0 Å². The molecule has 0 spiro atoms. The zero-order valence-corrected chi connectivity index (χ0v) is 14.5. The van der Waals surface area contributed by atoms with Crippen molar-refractivity contribution < 1.29 is 4.79 Å². The second-order valence-electron chi connectivity index (χ2n) is 6.06. The Labute approximate surface area is 149 Å². The fraction of sp³-hybridized carbons (Fsp3) is 0.294. The smallest absolute Gasteiger partial charge is 0.252 e. The lowest BCUT2D eigenvalue weighted by Crippen LogP contribution is -2.24. The highest BCUT2D eigenvalue weighted by molar-refractivity contribution is 5.76. The van der Waals surface area contributed by atoms with Crippen molar-refractivity contribution >= 4 is 17.3 Å². The van der Waals surface area contributed by atoms with Crippen LogP contribution in [0.1, 0.15) is 29.1 Å². The maximum atomic E-state index is 12.3. The van der Waals surface area contributed by atoms with Crippen molar-refractivity contribution in [2.24, 2.45) is 0 Å². The summed E-state index contributed by atoms with van der Waals surface area (Å²) >= 11 is 0. The molecule has 4 rings (SSSR count). The predicted octanol–water partition coefficient (Wildman–Crippen LogP) is 1.03. The molecule has 0 aliphatic heterocycles. The second-order valence-corrected chi connectivity index (χ2v) is 6.06. The molecule has 4 heterocycles. The highest BCUT2D eigenvalue weighted by Gasteiger charge is 2.13. The summed E-state index contributed by atoms with van der Waals surface area (Å²) in [5, 5.41) is 11.3. The number of aryl methyl sites for hydroxylation is 2. The van der Waals surface area contributed by atoms with Crippen LogP contribution in [0.2, 0.25) is 0 Å². The van der Waals surface area contributed by atoms with Gasteiger partial charge in [-0.3, -0.25) is 4.79 Å². The van der Waals surface area contributed by atoms with Crippen LogP contribution < -0.4 is 5.32 Å². The van der Waals surface area contributed by atoms with E-state index in [4.69, 9.17) is 0 Å². The third kappa shape index (κ3) is 2.87. The topological polar surface area (TPSA) is 102 Å². The van der Waals surface area contributed by atoms with Gasteiger partial charge >= 0.3 is 0 Å². The van der Waals surface area contributed by atoms with Crippen LogP contribution >= 0.6 is 0 Å². The number of carbonyl (C=O) groups is 1. The van der Waals surface area contributed by atoms with Crippen LogP contribution in [0, 0.1) is 13.8 Å². The summed E-state index contributed by atoms with van der Waals surface area (Å²) < 4.78 is 3.42. The van der Waals surface area contributed by atoms with Gasteiger partial charge < -0.3 is 5.32 Å². The molecular weight excluding hydrogens is 332 g/mol. The van der Waals surface area contributed by atoms with Gasteiger partial charge in [0.05, 0.1) is 12.2 Å². The quantitative estimate of drug-likeness (QED) is 0.577. The molecule has 0 saturated carbocycles. The minimum absolute atomic E-state index is 0.0281. The molecule has 26 heavy (non-hydrogen) atoms. The fourth-order valence-corrected chi connectivity index (χ4v) is 3.07. The summed E-state index contributed by atoms with van der Waals surface area (Å²) in [5.41, 5.74) is 4.51. The van der Waals surface area contributed by atoms with Crippen LogP contribution in [-0.4, -0.2) is 40.1 Å². The van der Waals surface area contributed by atoms with Gasteiger partial charge in [-0.2, -0.15) is 15.2 Å². The molecule has 0 saturated heterocycles. The number of nitrogens with one attached hydrogen (secondary N) is 1. The molecule has 9 heteroatoms. The van der Waals surface area contributed by atoms with E-state index in [1.807, 2.05) is 32.0 Å². The largest absolute Gasteiger partial charge is 0.350 e. The number of rotatable bonds is 5. The number of aromatic nitrogens is 7. The standard InChI is InChI=1S/C17H18N8O/c1-11-14(12(2)24-17(23-11)20-10-21-24)6-7-16(26)18-8-13-4-3-5-15-19-9-22-25(13)15/h3-5,9-10H,6-8H2,1-2H3,(H,18,26). The SMILES string of the molecule is Cc1nc2ncnn2c(C)c1CCC(=O)NCc1cccc2ncnn12. The molecule has 4 aromatic rings. The zero-order valence-electron chi connectivity index (χ0n) is 14.5. The molecule has 0 unspecified atom stereocenters. The molecule has 0 bridgehead atoms. The van der Waals surface area contributed by atoms with E-state index in [-0.39, 0.29) is 5.91 Å². The van der Waals surface area contributed by atoms with Gasteiger partial charge in [0.15, 0.2) is 5.65 Å². The lowest BCUT2D eigenvalue weighted by Gasteiger charge is -2.11. The third-order valence-corrected chi connectivity index (χ3v) is 4.44. The van der Waals surface area contributed by atoms with Crippen molar-refractivity contribution in [1.82, 2.24) is 39.5 Å². The first-order valence-corrected chi connectivity index (χ1v) is 8.33. The minimum Gasteiger partial charge on any atom is -0.350 e. The van der Waals surface area contributed by atoms with Gasteiger partial charge in [0.25, 0.3) is 5.78 Å².